The number of sulfonamides is 1. The van der Waals surface area contributed by atoms with Crippen molar-refractivity contribution < 1.29 is 17.9 Å². The largest absolute Gasteiger partial charge is 0.491 e. The lowest BCUT2D eigenvalue weighted by atomic mass is 10.2. The van der Waals surface area contributed by atoms with E-state index in [1.807, 2.05) is 31.2 Å². The zero-order valence-corrected chi connectivity index (χ0v) is 15.9. The molecule has 0 bridgehead atoms. The van der Waals surface area contributed by atoms with Crippen LogP contribution in [0.3, 0.4) is 0 Å². The second-order valence-corrected chi connectivity index (χ2v) is 7.77. The van der Waals surface area contributed by atoms with Crippen molar-refractivity contribution in [1.82, 2.24) is 10.0 Å². The number of aryl methyl sites for hydroxylation is 1. The molecule has 1 amide bonds. The predicted molar refractivity (Wildman–Crippen MR) is 101 cm³/mol. The normalized spacial score (nSPS) is 11.2. The molecule has 26 heavy (non-hydrogen) atoms. The third-order valence-electron chi connectivity index (χ3n) is 3.53. The second-order valence-electron chi connectivity index (χ2n) is 5.57. The van der Waals surface area contributed by atoms with Crippen molar-refractivity contribution in [2.75, 3.05) is 19.7 Å². The summed E-state index contributed by atoms with van der Waals surface area (Å²) >= 11 is 5.79. The molecule has 0 aromatic heterocycles. The number of amides is 1. The van der Waals surface area contributed by atoms with E-state index >= 15 is 0 Å². The summed E-state index contributed by atoms with van der Waals surface area (Å²) in [6.45, 7) is 2.62. The van der Waals surface area contributed by atoms with Gasteiger partial charge in [0.05, 0.1) is 11.4 Å². The minimum atomic E-state index is -3.68. The van der Waals surface area contributed by atoms with E-state index in [2.05, 4.69) is 10.0 Å². The Morgan fingerprint density at radius 1 is 1.12 bits per heavy atom. The quantitative estimate of drug-likeness (QED) is 0.638. The summed E-state index contributed by atoms with van der Waals surface area (Å²) in [7, 11) is -3.68. The van der Waals surface area contributed by atoms with Crippen molar-refractivity contribution in [3.63, 3.8) is 0 Å². The molecule has 0 unspecified atom stereocenters. The Labute approximate surface area is 158 Å². The Bertz CT molecular complexity index is 856. The van der Waals surface area contributed by atoms with Crippen LogP contribution in [0.5, 0.6) is 5.75 Å². The van der Waals surface area contributed by atoms with Crippen molar-refractivity contribution in [2.45, 2.75) is 18.2 Å². The molecule has 0 atom stereocenters. The lowest BCUT2D eigenvalue weighted by Gasteiger charge is -2.10. The topological polar surface area (TPSA) is 84.5 Å². The van der Waals surface area contributed by atoms with Crippen LogP contribution in [0.1, 0.15) is 12.0 Å². The Morgan fingerprint density at radius 2 is 1.88 bits per heavy atom. The molecule has 6 nitrogen and oxygen atoms in total. The highest BCUT2D eigenvalue weighted by Crippen LogP contribution is 2.16. The molecular formula is C18H21ClN2O4S. The summed E-state index contributed by atoms with van der Waals surface area (Å²) in [5.41, 5.74) is 1.02. The highest BCUT2D eigenvalue weighted by atomic mass is 35.5. The third kappa shape index (κ3) is 6.33. The third-order valence-corrected chi connectivity index (χ3v) is 5.22. The van der Waals surface area contributed by atoms with Crippen LogP contribution in [-0.2, 0) is 14.8 Å². The second kappa shape index (κ2) is 9.56. The molecule has 0 radical (unpaired) electrons. The van der Waals surface area contributed by atoms with Crippen molar-refractivity contribution in [3.05, 3.63) is 59.1 Å². The standard InChI is InChI=1S/C18H21ClN2O4S/c1-14-5-2-3-8-17(14)25-12-11-20-18(22)9-10-21-26(23,24)16-7-4-6-15(19)13-16/h2-8,13,21H,9-12H2,1H3,(H,20,22). The Hall–Kier alpha value is -2.09. The summed E-state index contributed by atoms with van der Waals surface area (Å²) in [5.74, 6) is 0.517. The summed E-state index contributed by atoms with van der Waals surface area (Å²) in [6, 6.07) is 13.6. The van der Waals surface area contributed by atoms with E-state index in [0.29, 0.717) is 18.2 Å². The zero-order chi connectivity index (χ0) is 19.0. The number of nitrogens with one attached hydrogen (secondary N) is 2. The zero-order valence-electron chi connectivity index (χ0n) is 14.4. The van der Waals surface area contributed by atoms with Crippen LogP contribution in [-0.4, -0.2) is 34.0 Å². The van der Waals surface area contributed by atoms with Crippen LogP contribution >= 0.6 is 11.6 Å². The average molecular weight is 397 g/mol. The van der Waals surface area contributed by atoms with Gasteiger partial charge in [-0.3, -0.25) is 4.79 Å². The monoisotopic (exact) mass is 396 g/mol. The lowest BCUT2D eigenvalue weighted by Crippen LogP contribution is -2.32. The molecule has 0 aliphatic rings. The van der Waals surface area contributed by atoms with Gasteiger partial charge in [-0.2, -0.15) is 0 Å². The van der Waals surface area contributed by atoms with Crippen molar-refractivity contribution in [3.8, 4) is 5.75 Å². The smallest absolute Gasteiger partial charge is 0.240 e. The number of benzene rings is 2. The minimum absolute atomic E-state index is 0.000664. The molecule has 0 aliphatic carbocycles. The predicted octanol–water partition coefficient (Wildman–Crippen LogP) is 2.51. The fraction of sp³-hybridized carbons (Fsp3) is 0.278. The van der Waals surface area contributed by atoms with Gasteiger partial charge < -0.3 is 10.1 Å². The first kappa shape index (κ1) is 20.2. The Morgan fingerprint density at radius 3 is 2.62 bits per heavy atom. The molecule has 0 heterocycles. The summed E-state index contributed by atoms with van der Waals surface area (Å²) in [5, 5.41) is 3.02. The summed E-state index contributed by atoms with van der Waals surface area (Å²) < 4.78 is 32.1. The van der Waals surface area contributed by atoms with Crippen LogP contribution < -0.4 is 14.8 Å². The molecule has 0 aliphatic heterocycles. The number of halogens is 1. The molecule has 0 spiro atoms. The molecule has 0 fully saturated rings. The van der Waals surface area contributed by atoms with E-state index in [1.54, 1.807) is 12.1 Å². The van der Waals surface area contributed by atoms with Gasteiger partial charge in [-0.25, -0.2) is 13.1 Å². The summed E-state index contributed by atoms with van der Waals surface area (Å²) in [6.07, 6.45) is 0.0319. The summed E-state index contributed by atoms with van der Waals surface area (Å²) in [4.78, 5) is 11.8. The average Bonchev–Trinajstić information content (AvgIpc) is 2.60. The highest BCUT2D eigenvalue weighted by Gasteiger charge is 2.14. The lowest BCUT2D eigenvalue weighted by molar-refractivity contribution is -0.121. The van der Waals surface area contributed by atoms with Crippen molar-refractivity contribution >= 4 is 27.5 Å². The van der Waals surface area contributed by atoms with Gasteiger partial charge in [-0.05, 0) is 36.8 Å². The molecule has 2 N–H and O–H groups in total. The van der Waals surface area contributed by atoms with Gasteiger partial charge in [0, 0.05) is 18.0 Å². The van der Waals surface area contributed by atoms with Crippen LogP contribution in [0.15, 0.2) is 53.4 Å². The molecule has 0 saturated heterocycles. The Kier molecular flexibility index (Phi) is 7.44. The molecule has 2 aromatic carbocycles. The number of hydrogen-bond donors (Lipinski definition) is 2. The van der Waals surface area contributed by atoms with Gasteiger partial charge in [0.2, 0.25) is 15.9 Å². The number of hydrogen-bond acceptors (Lipinski definition) is 4. The van der Waals surface area contributed by atoms with E-state index in [1.165, 1.54) is 12.1 Å². The fourth-order valence-corrected chi connectivity index (χ4v) is 3.51. The number of carbonyl (C=O) groups excluding carboxylic acids is 1. The molecule has 140 valence electrons. The maximum Gasteiger partial charge on any atom is 0.240 e. The molecule has 2 rings (SSSR count). The number of carbonyl (C=O) groups is 1. The minimum Gasteiger partial charge on any atom is -0.491 e. The van der Waals surface area contributed by atoms with Crippen LogP contribution in [0.2, 0.25) is 5.02 Å². The van der Waals surface area contributed by atoms with Gasteiger partial charge in [-0.15, -0.1) is 0 Å². The fourth-order valence-electron chi connectivity index (χ4n) is 2.17. The number of rotatable bonds is 9. The molecule has 2 aromatic rings. The SMILES string of the molecule is Cc1ccccc1OCCNC(=O)CCNS(=O)(=O)c1cccc(Cl)c1. The van der Waals surface area contributed by atoms with E-state index in [-0.39, 0.29) is 23.8 Å². The maximum atomic E-state index is 12.1. The van der Waals surface area contributed by atoms with Crippen molar-refractivity contribution in [2.24, 2.45) is 0 Å². The van der Waals surface area contributed by atoms with Crippen LogP contribution in [0.25, 0.3) is 0 Å². The van der Waals surface area contributed by atoms with E-state index < -0.39 is 10.0 Å². The Balaban J connectivity index is 1.68. The molecular weight excluding hydrogens is 376 g/mol. The van der Waals surface area contributed by atoms with Crippen LogP contribution in [0, 0.1) is 6.92 Å². The van der Waals surface area contributed by atoms with E-state index in [9.17, 15) is 13.2 Å². The number of ether oxygens (including phenoxy) is 1. The van der Waals surface area contributed by atoms with Gasteiger partial charge in [-0.1, -0.05) is 35.9 Å². The van der Waals surface area contributed by atoms with Crippen LogP contribution in [0.4, 0.5) is 0 Å². The first-order valence-electron chi connectivity index (χ1n) is 8.09. The maximum absolute atomic E-state index is 12.1. The van der Waals surface area contributed by atoms with E-state index in [0.717, 1.165) is 11.3 Å². The first-order chi connectivity index (χ1) is 12.4. The van der Waals surface area contributed by atoms with Gasteiger partial charge in [0.25, 0.3) is 0 Å². The van der Waals surface area contributed by atoms with Gasteiger partial charge in [0.1, 0.15) is 12.4 Å². The highest BCUT2D eigenvalue weighted by molar-refractivity contribution is 7.89. The number of para-hydroxylation sites is 1. The first-order valence-corrected chi connectivity index (χ1v) is 9.95. The van der Waals surface area contributed by atoms with Crippen molar-refractivity contribution in [1.29, 1.82) is 0 Å². The molecule has 0 saturated carbocycles. The van der Waals surface area contributed by atoms with E-state index in [4.69, 9.17) is 16.3 Å². The van der Waals surface area contributed by atoms with Gasteiger partial charge >= 0.3 is 0 Å². The van der Waals surface area contributed by atoms with Gasteiger partial charge in [0.15, 0.2) is 0 Å². The molecule has 8 heteroatoms.